The van der Waals surface area contributed by atoms with Crippen LogP contribution in [0.4, 0.5) is 4.79 Å². The number of amides is 2. The molecule has 0 spiro atoms. The van der Waals surface area contributed by atoms with Crippen molar-refractivity contribution >= 4 is 38.9 Å². The van der Waals surface area contributed by atoms with E-state index in [1.54, 1.807) is 0 Å². The summed E-state index contributed by atoms with van der Waals surface area (Å²) < 4.78 is 29.7. The smallest absolute Gasteiger partial charge is 0.318 e. The highest BCUT2D eigenvalue weighted by Crippen LogP contribution is 2.17. The van der Waals surface area contributed by atoms with Gasteiger partial charge in [-0.1, -0.05) is 11.8 Å². The second-order valence-corrected chi connectivity index (χ2v) is 8.85. The van der Waals surface area contributed by atoms with E-state index in [4.69, 9.17) is 9.84 Å². The molecule has 1 N–H and O–H groups in total. The summed E-state index contributed by atoms with van der Waals surface area (Å²) in [6.45, 7) is 0.443. The van der Waals surface area contributed by atoms with Gasteiger partial charge in [-0.05, 0) is 0 Å². The van der Waals surface area contributed by atoms with E-state index in [1.807, 2.05) is 0 Å². The molecule has 0 aliphatic carbocycles. The molecular formula is C13H21N3O7S2. The molecule has 0 aromatic carbocycles. The third-order valence-corrected chi connectivity index (χ3v) is 5.96. The Hall–Kier alpha value is -1.37. The first kappa shape index (κ1) is 19.9. The molecule has 2 fully saturated rings. The summed E-state index contributed by atoms with van der Waals surface area (Å²) in [5.74, 6) is -0.830. The number of thioether (sulfide) groups is 1. The van der Waals surface area contributed by atoms with E-state index in [-0.39, 0.29) is 37.4 Å². The third kappa shape index (κ3) is 5.83. The van der Waals surface area contributed by atoms with E-state index < -0.39 is 28.6 Å². The second kappa shape index (κ2) is 8.34. The highest BCUT2D eigenvalue weighted by atomic mass is 32.2. The van der Waals surface area contributed by atoms with Crippen LogP contribution >= 0.6 is 11.8 Å². The Morgan fingerprint density at radius 3 is 2.68 bits per heavy atom. The van der Waals surface area contributed by atoms with Gasteiger partial charge in [-0.2, -0.15) is 4.31 Å². The van der Waals surface area contributed by atoms with Crippen LogP contribution in [0.2, 0.25) is 0 Å². The molecular weight excluding hydrogens is 374 g/mol. The van der Waals surface area contributed by atoms with Crippen LogP contribution in [-0.4, -0.2) is 109 Å². The van der Waals surface area contributed by atoms with Crippen molar-refractivity contribution in [1.82, 2.24) is 14.1 Å². The molecule has 10 nitrogen and oxygen atoms in total. The third-order valence-electron chi connectivity index (χ3n) is 3.85. The number of sulfonamides is 1. The Kier molecular flexibility index (Phi) is 6.65. The van der Waals surface area contributed by atoms with Gasteiger partial charge < -0.3 is 19.6 Å². The van der Waals surface area contributed by atoms with Gasteiger partial charge in [0.15, 0.2) is 0 Å². The maximum Gasteiger partial charge on any atom is 0.318 e. The number of hydrogen-bond donors (Lipinski definition) is 1. The van der Waals surface area contributed by atoms with Crippen molar-refractivity contribution < 1.29 is 32.6 Å². The number of carboxylic acid groups (broad SMARTS) is 1. The van der Waals surface area contributed by atoms with Gasteiger partial charge in [-0.3, -0.25) is 14.4 Å². The summed E-state index contributed by atoms with van der Waals surface area (Å²) in [5.41, 5.74) is 0. The quantitative estimate of drug-likeness (QED) is 0.566. The minimum absolute atomic E-state index is 0.0104. The van der Waals surface area contributed by atoms with E-state index in [1.165, 1.54) is 21.6 Å². The molecule has 0 saturated carbocycles. The number of nitrogens with zero attached hydrogens (tertiary/aromatic N) is 3. The molecule has 0 aromatic heterocycles. The predicted molar refractivity (Wildman–Crippen MR) is 89.8 cm³/mol. The fraction of sp³-hybridized carbons (Fsp3) is 0.769. The minimum atomic E-state index is -3.71. The van der Waals surface area contributed by atoms with E-state index in [0.717, 1.165) is 10.6 Å². The minimum Gasteiger partial charge on any atom is -0.480 e. The molecule has 2 heterocycles. The van der Waals surface area contributed by atoms with Crippen LogP contribution < -0.4 is 0 Å². The first-order chi connectivity index (χ1) is 11.7. The summed E-state index contributed by atoms with van der Waals surface area (Å²) in [4.78, 5) is 37.8. The molecule has 2 saturated heterocycles. The number of carbonyl (C=O) groups is 3. The summed E-state index contributed by atoms with van der Waals surface area (Å²) in [6, 6.07) is 0. The van der Waals surface area contributed by atoms with Gasteiger partial charge in [0, 0.05) is 31.9 Å². The van der Waals surface area contributed by atoms with E-state index in [2.05, 4.69) is 0 Å². The lowest BCUT2D eigenvalue weighted by Crippen LogP contribution is -2.53. The zero-order chi connectivity index (χ0) is 18.6. The summed E-state index contributed by atoms with van der Waals surface area (Å²) in [7, 11) is -3.71. The highest BCUT2D eigenvalue weighted by molar-refractivity contribution is 8.13. The van der Waals surface area contributed by atoms with Gasteiger partial charge in [-0.25, -0.2) is 8.42 Å². The highest BCUT2D eigenvalue weighted by Gasteiger charge is 2.31. The van der Waals surface area contributed by atoms with Crippen molar-refractivity contribution in [3.05, 3.63) is 0 Å². The molecule has 1 atom stereocenters. The summed E-state index contributed by atoms with van der Waals surface area (Å²) in [6.07, 6.45) is 0.314. The molecule has 0 bridgehead atoms. The van der Waals surface area contributed by atoms with Crippen molar-refractivity contribution in [1.29, 1.82) is 0 Å². The zero-order valence-corrected chi connectivity index (χ0v) is 15.4. The fourth-order valence-corrected chi connectivity index (χ4v) is 4.19. The topological polar surface area (TPSA) is 125 Å². The first-order valence-electron chi connectivity index (χ1n) is 7.65. The molecule has 0 radical (unpaired) electrons. The van der Waals surface area contributed by atoms with Crippen molar-refractivity contribution in [2.45, 2.75) is 6.10 Å². The molecule has 0 aromatic rings. The summed E-state index contributed by atoms with van der Waals surface area (Å²) in [5, 5.41) is 8.73. The monoisotopic (exact) mass is 395 g/mol. The molecule has 1 unspecified atom stereocenters. The number of carbonyl (C=O) groups excluding carboxylic acids is 2. The predicted octanol–water partition coefficient (Wildman–Crippen LogP) is -1.27. The van der Waals surface area contributed by atoms with Crippen LogP contribution in [-0.2, 0) is 24.3 Å². The van der Waals surface area contributed by atoms with Gasteiger partial charge in [0.2, 0.25) is 15.9 Å². The molecule has 2 aliphatic heterocycles. The number of aliphatic carboxylic acids is 1. The molecule has 2 aliphatic rings. The van der Waals surface area contributed by atoms with Gasteiger partial charge in [0.05, 0.1) is 19.0 Å². The lowest BCUT2D eigenvalue weighted by molar-refractivity contribution is -0.141. The Bertz CT molecular complexity index is 640. The van der Waals surface area contributed by atoms with Gasteiger partial charge in [0.25, 0.3) is 5.24 Å². The van der Waals surface area contributed by atoms with Gasteiger partial charge in [0.1, 0.15) is 13.1 Å². The van der Waals surface area contributed by atoms with Crippen molar-refractivity contribution in [2.75, 3.05) is 57.9 Å². The number of morpholine rings is 1. The standard InChI is InChI=1S/C13H21N3O7S2/c1-25(21,22)16(9-12(18)19)7-10-6-14(2-4-23-10)11(17)8-15-3-5-24-13(15)20/h10H,2-9H2,1H3,(H,18,19). The normalized spacial score (nSPS) is 21.8. The lowest BCUT2D eigenvalue weighted by atomic mass is 10.2. The van der Waals surface area contributed by atoms with Crippen LogP contribution in [0.1, 0.15) is 0 Å². The number of rotatable bonds is 7. The van der Waals surface area contributed by atoms with Gasteiger partial charge in [-0.15, -0.1) is 0 Å². The maximum absolute atomic E-state index is 12.3. The first-order valence-corrected chi connectivity index (χ1v) is 10.5. The van der Waals surface area contributed by atoms with Crippen LogP contribution in [0.5, 0.6) is 0 Å². The van der Waals surface area contributed by atoms with Crippen LogP contribution in [0.25, 0.3) is 0 Å². The molecule has 12 heteroatoms. The summed E-state index contributed by atoms with van der Waals surface area (Å²) >= 11 is 1.17. The maximum atomic E-state index is 12.3. The Labute approximate surface area is 150 Å². The number of ether oxygens (including phenoxy) is 1. The van der Waals surface area contributed by atoms with Crippen LogP contribution in [0, 0.1) is 0 Å². The van der Waals surface area contributed by atoms with Crippen LogP contribution in [0.3, 0.4) is 0 Å². The van der Waals surface area contributed by atoms with Crippen LogP contribution in [0.15, 0.2) is 0 Å². The fourth-order valence-electron chi connectivity index (χ4n) is 2.58. The zero-order valence-electron chi connectivity index (χ0n) is 13.8. The second-order valence-electron chi connectivity index (χ2n) is 5.82. The lowest BCUT2D eigenvalue weighted by Gasteiger charge is -2.35. The Balaban J connectivity index is 1.93. The Morgan fingerprint density at radius 1 is 1.40 bits per heavy atom. The van der Waals surface area contributed by atoms with Crippen molar-refractivity contribution in [3.63, 3.8) is 0 Å². The van der Waals surface area contributed by atoms with E-state index >= 15 is 0 Å². The average Bonchev–Trinajstić information content (AvgIpc) is 2.91. The average molecular weight is 395 g/mol. The number of hydrogen-bond acceptors (Lipinski definition) is 7. The largest absolute Gasteiger partial charge is 0.480 e. The molecule has 2 amide bonds. The number of carboxylic acids is 1. The van der Waals surface area contributed by atoms with E-state index in [0.29, 0.717) is 18.8 Å². The van der Waals surface area contributed by atoms with Crippen molar-refractivity contribution in [2.24, 2.45) is 0 Å². The van der Waals surface area contributed by atoms with E-state index in [9.17, 15) is 22.8 Å². The SMILES string of the molecule is CS(=O)(=O)N(CC(=O)O)CC1CN(C(=O)CN2CCSC2=O)CCO1. The van der Waals surface area contributed by atoms with Gasteiger partial charge >= 0.3 is 5.97 Å². The molecule has 2 rings (SSSR count). The Morgan fingerprint density at radius 2 is 2.12 bits per heavy atom. The van der Waals surface area contributed by atoms with Crippen molar-refractivity contribution in [3.8, 4) is 0 Å². The molecule has 25 heavy (non-hydrogen) atoms. The molecule has 142 valence electrons.